The number of aromatic nitrogens is 4. The molecule has 0 aromatic carbocycles. The minimum absolute atomic E-state index is 0.0469. The fourth-order valence-corrected chi connectivity index (χ4v) is 4.81. The zero-order valence-electron chi connectivity index (χ0n) is 16.6. The topological polar surface area (TPSA) is 124 Å². The van der Waals surface area contributed by atoms with Gasteiger partial charge in [-0.3, -0.25) is 19.4 Å². The van der Waals surface area contributed by atoms with E-state index in [1.54, 1.807) is 4.90 Å². The van der Waals surface area contributed by atoms with Gasteiger partial charge in [-0.05, 0) is 25.7 Å². The first-order valence-corrected chi connectivity index (χ1v) is 10.4. The van der Waals surface area contributed by atoms with E-state index in [0.717, 1.165) is 43.1 Å². The number of amides is 1. The third-order valence-corrected chi connectivity index (χ3v) is 6.57. The van der Waals surface area contributed by atoms with E-state index < -0.39 is 0 Å². The fraction of sp³-hybridized carbons (Fsp3) is 0.550. The molecule has 3 aliphatic rings. The summed E-state index contributed by atoms with van der Waals surface area (Å²) in [5.74, 6) is 0.437. The van der Waals surface area contributed by atoms with E-state index in [2.05, 4.69) is 19.9 Å². The number of piperidine rings is 1. The van der Waals surface area contributed by atoms with Crippen molar-refractivity contribution in [3.63, 3.8) is 0 Å². The van der Waals surface area contributed by atoms with Gasteiger partial charge in [0.1, 0.15) is 5.69 Å². The van der Waals surface area contributed by atoms with Gasteiger partial charge >= 0.3 is 0 Å². The maximum absolute atomic E-state index is 12.7. The van der Waals surface area contributed by atoms with Crippen LogP contribution in [0.5, 0.6) is 0 Å². The number of H-pyrrole nitrogens is 2. The first-order chi connectivity index (χ1) is 14.6. The number of hydrogen-bond donors (Lipinski definition) is 2. The smallest absolute Gasteiger partial charge is 0.273 e. The largest absolute Gasteiger partial charge is 0.378 e. The summed E-state index contributed by atoms with van der Waals surface area (Å²) >= 11 is 0. The summed E-state index contributed by atoms with van der Waals surface area (Å²) < 4.78 is 5.41. The molecule has 4 heterocycles. The first-order valence-electron chi connectivity index (χ1n) is 10.4. The Bertz CT molecular complexity index is 1060. The first kappa shape index (κ1) is 19.0. The number of carbonyl (C=O) groups excluding carboxylic acids is 1. The number of fused-ring (bicyclic) bond motifs is 2. The number of anilines is 1. The van der Waals surface area contributed by atoms with Crippen molar-refractivity contribution < 1.29 is 9.53 Å². The molecule has 2 N–H and O–H groups in total. The predicted molar refractivity (Wildman–Crippen MR) is 108 cm³/mol. The Hall–Kier alpha value is -3.01. The lowest BCUT2D eigenvalue weighted by Crippen LogP contribution is -2.45. The van der Waals surface area contributed by atoms with Gasteiger partial charge in [0.05, 0.1) is 25.1 Å². The lowest BCUT2D eigenvalue weighted by atomic mass is 9.76. The molecule has 2 aromatic rings. The second-order valence-electron chi connectivity index (χ2n) is 8.19. The molecule has 10 nitrogen and oxygen atoms in total. The Morgan fingerprint density at radius 1 is 1.10 bits per heavy atom. The van der Waals surface area contributed by atoms with Crippen molar-refractivity contribution in [2.24, 2.45) is 0 Å². The number of carbonyl (C=O) groups is 1. The number of nitrogens with one attached hydrogen (secondary N) is 2. The summed E-state index contributed by atoms with van der Waals surface area (Å²) in [7, 11) is 0. The van der Waals surface area contributed by atoms with Crippen molar-refractivity contribution in [2.75, 3.05) is 44.3 Å². The van der Waals surface area contributed by atoms with Gasteiger partial charge in [-0.2, -0.15) is 0 Å². The van der Waals surface area contributed by atoms with Crippen LogP contribution in [0.1, 0.15) is 41.0 Å². The van der Waals surface area contributed by atoms with Crippen molar-refractivity contribution in [1.29, 1.82) is 0 Å². The van der Waals surface area contributed by atoms with Gasteiger partial charge in [0.2, 0.25) is 5.95 Å². The van der Waals surface area contributed by atoms with Crippen LogP contribution in [-0.4, -0.2) is 70.1 Å². The number of aromatic amines is 2. The van der Waals surface area contributed by atoms with E-state index in [-0.39, 0.29) is 28.1 Å². The van der Waals surface area contributed by atoms with Gasteiger partial charge in [-0.25, -0.2) is 9.97 Å². The molecule has 2 saturated heterocycles. The molecule has 1 aliphatic carbocycles. The van der Waals surface area contributed by atoms with Crippen molar-refractivity contribution in [1.82, 2.24) is 24.8 Å². The average Bonchev–Trinajstić information content (AvgIpc) is 3.13. The quantitative estimate of drug-likeness (QED) is 0.701. The Kier molecular flexibility index (Phi) is 4.65. The van der Waals surface area contributed by atoms with Crippen LogP contribution in [0.25, 0.3) is 0 Å². The average molecular weight is 412 g/mol. The van der Waals surface area contributed by atoms with Crippen LogP contribution in [0.4, 0.5) is 5.95 Å². The molecule has 0 atom stereocenters. The van der Waals surface area contributed by atoms with E-state index >= 15 is 0 Å². The van der Waals surface area contributed by atoms with Crippen molar-refractivity contribution >= 4 is 11.9 Å². The van der Waals surface area contributed by atoms with Crippen LogP contribution in [0.15, 0.2) is 22.0 Å². The number of ether oxygens (including phenoxy) is 1. The van der Waals surface area contributed by atoms with Crippen molar-refractivity contribution in [2.45, 2.75) is 31.1 Å². The Labute approximate surface area is 172 Å². The maximum Gasteiger partial charge on any atom is 0.273 e. The second-order valence-corrected chi connectivity index (χ2v) is 8.19. The highest BCUT2D eigenvalue weighted by molar-refractivity contribution is 5.92. The summed E-state index contributed by atoms with van der Waals surface area (Å²) in [4.78, 5) is 54.8. The van der Waals surface area contributed by atoms with Crippen LogP contribution in [-0.2, 0) is 16.6 Å². The lowest BCUT2D eigenvalue weighted by molar-refractivity contribution is 0.0657. The molecule has 5 rings (SSSR count). The Morgan fingerprint density at radius 2 is 1.87 bits per heavy atom. The Balaban J connectivity index is 1.37. The summed E-state index contributed by atoms with van der Waals surface area (Å²) in [5.41, 5.74) is 1.38. The molecule has 0 bridgehead atoms. The third kappa shape index (κ3) is 3.20. The SMILES string of the molecule is O=C(c1c[nH]c(=O)cn1)N1CCC2(CCc3c2nc(N2CCOCC2)[nH]c3=O)CC1. The summed E-state index contributed by atoms with van der Waals surface area (Å²) in [5, 5.41) is 0. The monoisotopic (exact) mass is 412 g/mol. The fourth-order valence-electron chi connectivity index (χ4n) is 4.81. The van der Waals surface area contributed by atoms with E-state index in [0.29, 0.717) is 45.3 Å². The molecule has 2 aromatic heterocycles. The standard InChI is InChI=1S/C20H24N6O4/c27-15-12-21-14(11-22-15)18(29)25-5-3-20(4-6-25)2-1-13-16(20)23-19(24-17(13)28)26-7-9-30-10-8-26/h11-12H,1-10H2,(H,22,27)(H,23,24,28). The molecule has 0 unspecified atom stereocenters. The van der Waals surface area contributed by atoms with E-state index in [4.69, 9.17) is 9.72 Å². The van der Waals surface area contributed by atoms with E-state index in [1.807, 2.05) is 0 Å². The maximum atomic E-state index is 12.7. The predicted octanol–water partition coefficient (Wildman–Crippen LogP) is -0.190. The van der Waals surface area contributed by atoms with Gasteiger partial charge in [-0.15, -0.1) is 0 Å². The molecular weight excluding hydrogens is 388 g/mol. The molecule has 2 fully saturated rings. The summed E-state index contributed by atoms with van der Waals surface area (Å²) in [6, 6.07) is 0. The number of morpholine rings is 1. The molecule has 10 heteroatoms. The van der Waals surface area contributed by atoms with Crippen LogP contribution in [0.2, 0.25) is 0 Å². The highest BCUT2D eigenvalue weighted by Gasteiger charge is 2.45. The Morgan fingerprint density at radius 3 is 2.57 bits per heavy atom. The van der Waals surface area contributed by atoms with Crippen molar-refractivity contribution in [3.8, 4) is 0 Å². The molecule has 2 aliphatic heterocycles. The van der Waals surface area contributed by atoms with Gasteiger partial charge < -0.3 is 19.5 Å². The third-order valence-electron chi connectivity index (χ3n) is 6.57. The lowest BCUT2D eigenvalue weighted by Gasteiger charge is -2.39. The summed E-state index contributed by atoms with van der Waals surface area (Å²) in [6.45, 7) is 3.82. The zero-order chi connectivity index (χ0) is 20.7. The number of likely N-dealkylation sites (tertiary alicyclic amines) is 1. The summed E-state index contributed by atoms with van der Waals surface area (Å²) in [6.07, 6.45) is 5.59. The molecular formula is C20H24N6O4. The van der Waals surface area contributed by atoms with Gasteiger partial charge in [-0.1, -0.05) is 0 Å². The van der Waals surface area contributed by atoms with Crippen LogP contribution in [0.3, 0.4) is 0 Å². The van der Waals surface area contributed by atoms with Gasteiger partial charge in [0.15, 0.2) is 0 Å². The number of rotatable bonds is 2. The molecule has 0 saturated carbocycles. The van der Waals surface area contributed by atoms with E-state index in [1.165, 1.54) is 6.20 Å². The number of nitrogens with zero attached hydrogens (tertiary/aromatic N) is 4. The number of hydrogen-bond acceptors (Lipinski definition) is 7. The highest BCUT2D eigenvalue weighted by Crippen LogP contribution is 2.44. The molecule has 1 spiro atoms. The van der Waals surface area contributed by atoms with Crippen LogP contribution < -0.4 is 16.0 Å². The minimum atomic E-state index is -0.334. The molecule has 1 amide bonds. The highest BCUT2D eigenvalue weighted by atomic mass is 16.5. The van der Waals surface area contributed by atoms with Crippen LogP contribution in [0, 0.1) is 0 Å². The van der Waals surface area contributed by atoms with Gasteiger partial charge in [0, 0.05) is 43.4 Å². The second kappa shape index (κ2) is 7.35. The normalized spacial score (nSPS) is 20.4. The minimum Gasteiger partial charge on any atom is -0.378 e. The van der Waals surface area contributed by atoms with Gasteiger partial charge in [0.25, 0.3) is 17.0 Å². The van der Waals surface area contributed by atoms with Crippen LogP contribution >= 0.6 is 0 Å². The van der Waals surface area contributed by atoms with Crippen molar-refractivity contribution in [3.05, 3.63) is 50.1 Å². The molecule has 0 radical (unpaired) electrons. The molecule has 158 valence electrons. The van der Waals surface area contributed by atoms with E-state index in [9.17, 15) is 14.4 Å². The zero-order valence-corrected chi connectivity index (χ0v) is 16.6. The molecule has 30 heavy (non-hydrogen) atoms.